The summed E-state index contributed by atoms with van der Waals surface area (Å²) in [6, 6.07) is 0. The molecule has 0 aromatic carbocycles. The predicted molar refractivity (Wildman–Crippen MR) is 146 cm³/mol. The number of hydrogen-bond donors (Lipinski definition) is 3. The van der Waals surface area contributed by atoms with Crippen molar-refractivity contribution in [1.29, 1.82) is 0 Å². The first-order valence-corrected chi connectivity index (χ1v) is 15.1. The average molecular weight is 568 g/mol. The second kappa shape index (κ2) is 13.7. The van der Waals surface area contributed by atoms with Crippen LogP contribution in [0.5, 0.6) is 0 Å². The summed E-state index contributed by atoms with van der Waals surface area (Å²) in [5, 5.41) is 7.24. The third kappa shape index (κ3) is 9.24. The van der Waals surface area contributed by atoms with Crippen LogP contribution < -0.4 is 16.0 Å². The minimum Gasteiger partial charge on any atom is -0.468 e. The summed E-state index contributed by atoms with van der Waals surface area (Å²) in [7, 11) is 2.69. The van der Waals surface area contributed by atoms with Gasteiger partial charge < -0.3 is 25.4 Å². The Bertz CT molecular complexity index is 720. The Hall–Kier alpha value is -0.760. The molecule has 2 heterocycles. The van der Waals surface area contributed by atoms with Crippen LogP contribution in [0.3, 0.4) is 0 Å². The summed E-state index contributed by atoms with van der Waals surface area (Å²) in [6.07, 6.45) is 1.50. The van der Waals surface area contributed by atoms with Crippen LogP contribution in [0.1, 0.15) is 40.5 Å². The SMILES string of the molecule is COC(=O)C1SC(C)(C)SC1C(=O)NCCCNCCCNC(=O)C1SC(C)(C)SC1C(=O)OC. The molecule has 4 unspecified atom stereocenters. The Labute approximate surface area is 224 Å². The molecule has 0 bridgehead atoms. The molecule has 0 aromatic heterocycles. The maximum absolute atomic E-state index is 12.6. The molecule has 0 spiro atoms. The van der Waals surface area contributed by atoms with Gasteiger partial charge >= 0.3 is 11.9 Å². The molecule has 13 heteroatoms. The summed E-state index contributed by atoms with van der Waals surface area (Å²) >= 11 is 5.91. The first kappa shape index (κ1) is 30.5. The van der Waals surface area contributed by atoms with Crippen molar-refractivity contribution in [1.82, 2.24) is 16.0 Å². The van der Waals surface area contributed by atoms with E-state index in [0.717, 1.165) is 25.9 Å². The monoisotopic (exact) mass is 567 g/mol. The number of amides is 2. The Morgan fingerprint density at radius 3 is 1.31 bits per heavy atom. The Kier molecular flexibility index (Phi) is 11.9. The van der Waals surface area contributed by atoms with Crippen LogP contribution in [-0.4, -0.2) is 93.3 Å². The van der Waals surface area contributed by atoms with E-state index >= 15 is 0 Å². The van der Waals surface area contributed by atoms with Crippen molar-refractivity contribution in [2.75, 3.05) is 40.4 Å². The smallest absolute Gasteiger partial charge is 0.320 e. The predicted octanol–water partition coefficient (Wildman–Crippen LogP) is 1.84. The first-order chi connectivity index (χ1) is 16.4. The van der Waals surface area contributed by atoms with E-state index in [9.17, 15) is 19.2 Å². The third-order valence-electron chi connectivity index (χ3n) is 5.24. The van der Waals surface area contributed by atoms with E-state index in [-0.39, 0.29) is 31.9 Å². The van der Waals surface area contributed by atoms with Crippen molar-refractivity contribution in [3.63, 3.8) is 0 Å². The number of ether oxygens (including phenoxy) is 2. The van der Waals surface area contributed by atoms with Crippen LogP contribution in [0.25, 0.3) is 0 Å². The van der Waals surface area contributed by atoms with E-state index in [1.54, 1.807) is 0 Å². The lowest BCUT2D eigenvalue weighted by atomic mass is 10.2. The van der Waals surface area contributed by atoms with E-state index in [1.165, 1.54) is 61.3 Å². The molecule has 35 heavy (non-hydrogen) atoms. The number of thioether (sulfide) groups is 4. The Morgan fingerprint density at radius 2 is 0.971 bits per heavy atom. The lowest BCUT2D eigenvalue weighted by molar-refractivity contribution is -0.141. The first-order valence-electron chi connectivity index (χ1n) is 11.5. The van der Waals surface area contributed by atoms with E-state index in [4.69, 9.17) is 9.47 Å². The summed E-state index contributed by atoms with van der Waals surface area (Å²) < 4.78 is 9.28. The molecular formula is C22H37N3O6S4. The van der Waals surface area contributed by atoms with E-state index in [1.807, 2.05) is 27.7 Å². The van der Waals surface area contributed by atoms with Gasteiger partial charge in [-0.3, -0.25) is 19.2 Å². The average Bonchev–Trinajstić information content (AvgIpc) is 3.31. The van der Waals surface area contributed by atoms with Crippen molar-refractivity contribution in [2.45, 2.75) is 69.7 Å². The van der Waals surface area contributed by atoms with Crippen LogP contribution >= 0.6 is 47.0 Å². The molecule has 0 saturated carbocycles. The fraction of sp³-hybridized carbons (Fsp3) is 0.818. The molecule has 9 nitrogen and oxygen atoms in total. The molecule has 2 aliphatic heterocycles. The van der Waals surface area contributed by atoms with Crippen molar-refractivity contribution >= 4 is 70.8 Å². The van der Waals surface area contributed by atoms with Crippen molar-refractivity contribution in [3.05, 3.63) is 0 Å². The van der Waals surface area contributed by atoms with Crippen molar-refractivity contribution in [2.24, 2.45) is 0 Å². The number of rotatable bonds is 12. The molecule has 0 radical (unpaired) electrons. The highest BCUT2D eigenvalue weighted by Crippen LogP contribution is 2.53. The van der Waals surface area contributed by atoms with Crippen molar-refractivity contribution in [3.8, 4) is 0 Å². The topological polar surface area (TPSA) is 123 Å². The van der Waals surface area contributed by atoms with Crippen LogP contribution in [0.2, 0.25) is 0 Å². The molecule has 2 amide bonds. The highest BCUT2D eigenvalue weighted by molar-refractivity contribution is 8.23. The number of esters is 2. The molecule has 200 valence electrons. The standard InChI is InChI=1S/C22H37N3O6S4/c1-21(2)32-13(15(34-21)19(28)30-5)17(26)24-11-7-9-23-10-8-12-25-18(27)14-16(20(29)31-6)35-22(3,4)33-14/h13-16,23H,7-12H2,1-6H3,(H,24,26)(H,25,27). The summed E-state index contributed by atoms with van der Waals surface area (Å²) in [6.45, 7) is 10.5. The quantitative estimate of drug-likeness (QED) is 0.236. The zero-order valence-electron chi connectivity index (χ0n) is 21.1. The molecule has 2 rings (SSSR count). The molecule has 2 fully saturated rings. The molecule has 3 N–H and O–H groups in total. The lowest BCUT2D eigenvalue weighted by Crippen LogP contribution is -2.41. The number of methoxy groups -OCH3 is 2. The summed E-state index contributed by atoms with van der Waals surface area (Å²) in [5.41, 5.74) is 0. The minimum atomic E-state index is -0.497. The normalized spacial score (nSPS) is 26.7. The Morgan fingerprint density at radius 1 is 0.629 bits per heavy atom. The van der Waals surface area contributed by atoms with E-state index < -0.39 is 21.0 Å². The third-order valence-corrected chi connectivity index (χ3v) is 11.9. The van der Waals surface area contributed by atoms with Crippen LogP contribution in [0.15, 0.2) is 0 Å². The van der Waals surface area contributed by atoms with Crippen LogP contribution in [0, 0.1) is 0 Å². The van der Waals surface area contributed by atoms with Gasteiger partial charge in [-0.1, -0.05) is 0 Å². The van der Waals surface area contributed by atoms with E-state index in [0.29, 0.717) is 13.1 Å². The van der Waals surface area contributed by atoms with Gasteiger partial charge in [0.15, 0.2) is 0 Å². The van der Waals surface area contributed by atoms with Gasteiger partial charge in [-0.15, -0.1) is 47.0 Å². The van der Waals surface area contributed by atoms with Gasteiger partial charge in [0.2, 0.25) is 11.8 Å². The van der Waals surface area contributed by atoms with Gasteiger partial charge in [-0.25, -0.2) is 0 Å². The number of carbonyl (C=O) groups is 4. The fourth-order valence-corrected chi connectivity index (χ4v) is 10.2. The molecule has 4 atom stereocenters. The zero-order valence-corrected chi connectivity index (χ0v) is 24.4. The Balaban J connectivity index is 1.59. The molecular weight excluding hydrogens is 531 g/mol. The van der Waals surface area contributed by atoms with Gasteiger partial charge in [0.25, 0.3) is 0 Å². The maximum Gasteiger partial charge on any atom is 0.320 e. The highest BCUT2D eigenvalue weighted by Gasteiger charge is 2.49. The zero-order chi connectivity index (χ0) is 26.2. The number of nitrogens with one attached hydrogen (secondary N) is 3. The van der Waals surface area contributed by atoms with Gasteiger partial charge in [0.05, 0.1) is 22.4 Å². The largest absolute Gasteiger partial charge is 0.468 e. The number of carbonyl (C=O) groups excluding carboxylic acids is 4. The summed E-state index contributed by atoms with van der Waals surface area (Å²) in [4.78, 5) is 49.2. The molecule has 0 aromatic rings. The van der Waals surface area contributed by atoms with Crippen molar-refractivity contribution < 1.29 is 28.7 Å². The second-order valence-corrected chi connectivity index (χ2v) is 16.6. The highest BCUT2D eigenvalue weighted by atomic mass is 32.2. The van der Waals surface area contributed by atoms with Crippen LogP contribution in [0.4, 0.5) is 0 Å². The van der Waals surface area contributed by atoms with Gasteiger partial charge in [-0.05, 0) is 53.6 Å². The lowest BCUT2D eigenvalue weighted by Gasteiger charge is -2.16. The minimum absolute atomic E-state index is 0.137. The second-order valence-electron chi connectivity index (χ2n) is 9.04. The summed E-state index contributed by atoms with van der Waals surface area (Å²) in [5.74, 6) is -1.00. The van der Waals surface area contributed by atoms with Gasteiger partial charge in [0.1, 0.15) is 21.0 Å². The van der Waals surface area contributed by atoms with E-state index in [2.05, 4.69) is 16.0 Å². The fourth-order valence-electron chi connectivity index (χ4n) is 3.66. The molecule has 2 aliphatic rings. The van der Waals surface area contributed by atoms with Gasteiger partial charge in [0, 0.05) is 13.1 Å². The number of hydrogen-bond acceptors (Lipinski definition) is 11. The van der Waals surface area contributed by atoms with Crippen LogP contribution in [-0.2, 0) is 28.7 Å². The molecule has 2 saturated heterocycles. The molecule has 0 aliphatic carbocycles. The maximum atomic E-state index is 12.6. The van der Waals surface area contributed by atoms with Gasteiger partial charge in [-0.2, -0.15) is 0 Å².